The minimum atomic E-state index is -0.171. The van der Waals surface area contributed by atoms with Gasteiger partial charge in [-0.1, -0.05) is 30.3 Å². The Kier molecular flexibility index (Phi) is 3.63. The summed E-state index contributed by atoms with van der Waals surface area (Å²) < 4.78 is 2.15. The fraction of sp³-hybridized carbons (Fsp3) is 0.158. The molecule has 0 saturated carbocycles. The lowest BCUT2D eigenvalue weighted by atomic mass is 10.1. The summed E-state index contributed by atoms with van der Waals surface area (Å²) >= 11 is 0. The number of aromatic nitrogens is 3. The van der Waals surface area contributed by atoms with Gasteiger partial charge in [0.05, 0.1) is 11.0 Å². The zero-order valence-corrected chi connectivity index (χ0v) is 13.2. The lowest BCUT2D eigenvalue weighted by molar-refractivity contribution is 0.671. The third-order valence-corrected chi connectivity index (χ3v) is 4.25. The third kappa shape index (κ3) is 2.39. The Balaban J connectivity index is 1.96. The molecule has 24 heavy (non-hydrogen) atoms. The number of fused-ring (bicyclic) bond motifs is 2. The Morgan fingerprint density at radius 3 is 2.75 bits per heavy atom. The van der Waals surface area contributed by atoms with E-state index in [9.17, 15) is 4.79 Å². The normalized spacial score (nSPS) is 11.4. The second-order valence-electron chi connectivity index (χ2n) is 5.83. The van der Waals surface area contributed by atoms with Crippen molar-refractivity contribution in [3.63, 3.8) is 0 Å². The summed E-state index contributed by atoms with van der Waals surface area (Å²) in [6, 6.07) is 15.6. The number of rotatable bonds is 4. The molecule has 5 nitrogen and oxygen atoms in total. The van der Waals surface area contributed by atoms with E-state index in [1.165, 1.54) is 0 Å². The lowest BCUT2D eigenvalue weighted by Crippen LogP contribution is -2.11. The van der Waals surface area contributed by atoms with Gasteiger partial charge in [0, 0.05) is 29.2 Å². The molecule has 0 saturated heterocycles. The second kappa shape index (κ2) is 5.94. The van der Waals surface area contributed by atoms with Crippen molar-refractivity contribution >= 4 is 21.9 Å². The van der Waals surface area contributed by atoms with Crippen molar-refractivity contribution in [3.8, 4) is 11.3 Å². The van der Waals surface area contributed by atoms with E-state index in [0.717, 1.165) is 40.5 Å². The van der Waals surface area contributed by atoms with E-state index in [-0.39, 0.29) is 5.56 Å². The number of aryl methyl sites for hydroxylation is 1. The Morgan fingerprint density at radius 1 is 1.08 bits per heavy atom. The standard InChI is InChI=1S/C19H18N4O/c20-10-5-11-23-12-14(13-6-1-4-9-17(13)23)18-19(24)22-16-8-3-2-7-15(16)21-18/h1-4,6-9,12H,5,10-11,20H2,(H,22,24). The SMILES string of the molecule is NCCCn1cc(-c2nc3ccccc3[nH]c2=O)c2ccccc21. The number of benzene rings is 2. The van der Waals surface area contributed by atoms with Crippen LogP contribution in [0.25, 0.3) is 33.2 Å². The average Bonchev–Trinajstić information content (AvgIpc) is 2.98. The highest BCUT2D eigenvalue weighted by Crippen LogP contribution is 2.28. The highest BCUT2D eigenvalue weighted by Gasteiger charge is 2.14. The van der Waals surface area contributed by atoms with E-state index in [0.29, 0.717) is 12.2 Å². The molecule has 0 aliphatic heterocycles. The van der Waals surface area contributed by atoms with Crippen LogP contribution >= 0.6 is 0 Å². The first-order chi connectivity index (χ1) is 11.8. The summed E-state index contributed by atoms with van der Waals surface area (Å²) in [6.07, 6.45) is 2.90. The van der Waals surface area contributed by atoms with Crippen LogP contribution in [0.2, 0.25) is 0 Å². The molecule has 120 valence electrons. The molecule has 3 N–H and O–H groups in total. The van der Waals surface area contributed by atoms with Crippen molar-refractivity contribution in [1.29, 1.82) is 0 Å². The maximum atomic E-state index is 12.6. The molecule has 0 spiro atoms. The monoisotopic (exact) mass is 318 g/mol. The molecule has 0 fully saturated rings. The third-order valence-electron chi connectivity index (χ3n) is 4.25. The topological polar surface area (TPSA) is 76.7 Å². The minimum Gasteiger partial charge on any atom is -0.347 e. The van der Waals surface area contributed by atoms with Gasteiger partial charge in [-0.3, -0.25) is 4.79 Å². The number of nitrogens with one attached hydrogen (secondary N) is 1. The number of H-pyrrole nitrogens is 1. The van der Waals surface area contributed by atoms with Gasteiger partial charge in [-0.05, 0) is 31.2 Å². The van der Waals surface area contributed by atoms with Crippen LogP contribution in [0.1, 0.15) is 6.42 Å². The van der Waals surface area contributed by atoms with E-state index in [2.05, 4.69) is 20.6 Å². The predicted molar refractivity (Wildman–Crippen MR) is 97.0 cm³/mol. The van der Waals surface area contributed by atoms with Crippen molar-refractivity contribution in [2.45, 2.75) is 13.0 Å². The van der Waals surface area contributed by atoms with Gasteiger partial charge in [0.2, 0.25) is 0 Å². The van der Waals surface area contributed by atoms with Crippen LogP contribution < -0.4 is 11.3 Å². The summed E-state index contributed by atoms with van der Waals surface area (Å²) in [5.41, 5.74) is 9.41. The predicted octanol–water partition coefficient (Wildman–Crippen LogP) is 2.89. The van der Waals surface area contributed by atoms with Crippen LogP contribution in [0.5, 0.6) is 0 Å². The van der Waals surface area contributed by atoms with Gasteiger partial charge in [-0.2, -0.15) is 0 Å². The van der Waals surface area contributed by atoms with Crippen molar-refractivity contribution in [2.75, 3.05) is 6.54 Å². The van der Waals surface area contributed by atoms with Gasteiger partial charge in [0.15, 0.2) is 0 Å². The van der Waals surface area contributed by atoms with Crippen LogP contribution in [-0.2, 0) is 6.54 Å². The molecule has 4 rings (SSSR count). The highest BCUT2D eigenvalue weighted by molar-refractivity contribution is 5.95. The molecule has 0 unspecified atom stereocenters. The number of hydrogen-bond acceptors (Lipinski definition) is 3. The first-order valence-corrected chi connectivity index (χ1v) is 8.05. The molecule has 0 bridgehead atoms. The van der Waals surface area contributed by atoms with E-state index in [4.69, 9.17) is 5.73 Å². The first kappa shape index (κ1) is 14.7. The van der Waals surface area contributed by atoms with Gasteiger partial charge in [-0.25, -0.2) is 4.98 Å². The molecule has 2 aromatic heterocycles. The van der Waals surface area contributed by atoms with E-state index in [1.54, 1.807) is 0 Å². The minimum absolute atomic E-state index is 0.171. The molecule has 0 aliphatic rings. The highest BCUT2D eigenvalue weighted by atomic mass is 16.1. The average molecular weight is 318 g/mol. The molecule has 2 aromatic carbocycles. The number of hydrogen-bond donors (Lipinski definition) is 2. The smallest absolute Gasteiger partial charge is 0.275 e. The van der Waals surface area contributed by atoms with Gasteiger partial charge in [-0.15, -0.1) is 0 Å². The Labute approximate surface area is 138 Å². The number of nitrogens with two attached hydrogens (primary N) is 1. The Hall–Kier alpha value is -2.92. The summed E-state index contributed by atoms with van der Waals surface area (Å²) in [5.74, 6) is 0. The molecule has 0 aliphatic carbocycles. The van der Waals surface area contributed by atoms with Crippen LogP contribution in [0.3, 0.4) is 0 Å². The van der Waals surface area contributed by atoms with Crippen LogP contribution in [0.15, 0.2) is 59.5 Å². The van der Waals surface area contributed by atoms with E-state index in [1.807, 2.05) is 48.7 Å². The molecular formula is C19H18N4O. The van der Waals surface area contributed by atoms with Crippen molar-refractivity contribution in [2.24, 2.45) is 5.73 Å². The molecule has 0 atom stereocenters. The van der Waals surface area contributed by atoms with Crippen molar-refractivity contribution in [3.05, 3.63) is 65.1 Å². The summed E-state index contributed by atoms with van der Waals surface area (Å²) in [6.45, 7) is 1.46. The molecule has 2 heterocycles. The number of aromatic amines is 1. The number of para-hydroxylation sites is 3. The summed E-state index contributed by atoms with van der Waals surface area (Å²) in [4.78, 5) is 20.1. The number of nitrogens with zero attached hydrogens (tertiary/aromatic N) is 2. The van der Waals surface area contributed by atoms with Crippen molar-refractivity contribution in [1.82, 2.24) is 14.5 Å². The maximum Gasteiger partial charge on any atom is 0.275 e. The zero-order chi connectivity index (χ0) is 16.5. The van der Waals surface area contributed by atoms with Crippen LogP contribution in [-0.4, -0.2) is 21.1 Å². The second-order valence-corrected chi connectivity index (χ2v) is 5.83. The largest absolute Gasteiger partial charge is 0.347 e. The molecule has 0 amide bonds. The molecular weight excluding hydrogens is 300 g/mol. The fourth-order valence-corrected chi connectivity index (χ4v) is 3.09. The maximum absolute atomic E-state index is 12.6. The van der Waals surface area contributed by atoms with Gasteiger partial charge in [0.25, 0.3) is 5.56 Å². The summed E-state index contributed by atoms with van der Waals surface area (Å²) in [7, 11) is 0. The fourth-order valence-electron chi connectivity index (χ4n) is 3.09. The molecule has 5 heteroatoms. The Morgan fingerprint density at radius 2 is 1.88 bits per heavy atom. The van der Waals surface area contributed by atoms with Crippen LogP contribution in [0, 0.1) is 0 Å². The molecule has 0 radical (unpaired) electrons. The van der Waals surface area contributed by atoms with Gasteiger partial charge >= 0.3 is 0 Å². The quantitative estimate of drug-likeness (QED) is 0.607. The lowest BCUT2D eigenvalue weighted by Gasteiger charge is -2.02. The van der Waals surface area contributed by atoms with Crippen molar-refractivity contribution < 1.29 is 0 Å². The van der Waals surface area contributed by atoms with E-state index < -0.39 is 0 Å². The molecule has 4 aromatic rings. The van der Waals surface area contributed by atoms with Gasteiger partial charge in [0.1, 0.15) is 5.69 Å². The van der Waals surface area contributed by atoms with E-state index >= 15 is 0 Å². The zero-order valence-electron chi connectivity index (χ0n) is 13.2. The summed E-state index contributed by atoms with van der Waals surface area (Å²) in [5, 5.41) is 1.03. The Bertz CT molecular complexity index is 1080. The van der Waals surface area contributed by atoms with Gasteiger partial charge < -0.3 is 15.3 Å². The first-order valence-electron chi connectivity index (χ1n) is 8.05. The van der Waals surface area contributed by atoms with Crippen LogP contribution in [0.4, 0.5) is 0 Å².